The maximum atomic E-state index is 14.5. The van der Waals surface area contributed by atoms with Gasteiger partial charge in [0.1, 0.15) is 17.5 Å². The second-order valence-electron chi connectivity index (χ2n) is 9.13. The molecule has 1 saturated heterocycles. The Labute approximate surface area is 215 Å². The molecule has 198 valence electrons. The van der Waals surface area contributed by atoms with E-state index >= 15 is 0 Å². The average molecular weight is 528 g/mol. The summed E-state index contributed by atoms with van der Waals surface area (Å²) in [4.78, 5) is 13.9. The summed E-state index contributed by atoms with van der Waals surface area (Å²) in [5, 5.41) is 10.7. The van der Waals surface area contributed by atoms with Crippen molar-refractivity contribution in [3.63, 3.8) is 0 Å². The van der Waals surface area contributed by atoms with Gasteiger partial charge in [0.05, 0.1) is 30.4 Å². The molecule has 0 aromatic heterocycles. The third-order valence-electron chi connectivity index (χ3n) is 6.46. The number of aliphatic hydroxyl groups excluding tert-OH is 1. The Kier molecular flexibility index (Phi) is 10.6. The number of ether oxygens (including phenoxy) is 2. The molecule has 0 bridgehead atoms. The first-order valence-electron chi connectivity index (χ1n) is 12.3. The van der Waals surface area contributed by atoms with Gasteiger partial charge >= 0.3 is 5.97 Å². The Hall–Kier alpha value is -2.13. The van der Waals surface area contributed by atoms with Crippen molar-refractivity contribution in [1.29, 1.82) is 0 Å². The van der Waals surface area contributed by atoms with Crippen molar-refractivity contribution in [2.75, 3.05) is 26.3 Å². The molecular formula is C27H33ClF3NO4. The zero-order valence-corrected chi connectivity index (χ0v) is 21.4. The van der Waals surface area contributed by atoms with Gasteiger partial charge in [-0.25, -0.2) is 13.2 Å². The van der Waals surface area contributed by atoms with Gasteiger partial charge in [-0.05, 0) is 81.0 Å². The molecule has 1 heterocycles. The summed E-state index contributed by atoms with van der Waals surface area (Å²) in [6.07, 6.45) is 1.04. The number of hydrogen-bond donors (Lipinski definition) is 1. The number of carbonyl (C=O) groups is 1. The Morgan fingerprint density at radius 3 is 2.72 bits per heavy atom. The van der Waals surface area contributed by atoms with E-state index in [0.717, 1.165) is 31.0 Å². The van der Waals surface area contributed by atoms with Crippen LogP contribution >= 0.6 is 11.6 Å². The molecule has 3 atom stereocenters. The first kappa shape index (κ1) is 28.4. The molecule has 0 radical (unpaired) electrons. The van der Waals surface area contributed by atoms with Crippen molar-refractivity contribution in [1.82, 2.24) is 4.90 Å². The van der Waals surface area contributed by atoms with E-state index in [4.69, 9.17) is 21.1 Å². The largest absolute Gasteiger partial charge is 0.466 e. The smallest absolute Gasteiger partial charge is 0.306 e. The standard InChI is InChI=1S/C27H33ClF3NO4/c1-3-35-27(34)9-7-22-23(13-19(29)14-25(22)30)17(2)36-16-21(33)15-32-10-4-5-20(32)11-18-6-8-24(28)26(31)12-18/h6,8,12-14,17,20-21,33H,3-5,7,9-11,15-16H2,1-2H3/t17-,20+,21-/m1/s1. The van der Waals surface area contributed by atoms with Crippen LogP contribution in [0.2, 0.25) is 5.02 Å². The fraction of sp³-hybridized carbons (Fsp3) is 0.519. The van der Waals surface area contributed by atoms with Gasteiger partial charge in [-0.15, -0.1) is 0 Å². The highest BCUT2D eigenvalue weighted by atomic mass is 35.5. The number of nitrogens with zero attached hydrogens (tertiary/aromatic N) is 1. The fourth-order valence-electron chi connectivity index (χ4n) is 4.68. The van der Waals surface area contributed by atoms with Crippen LogP contribution in [0, 0.1) is 17.5 Å². The Balaban J connectivity index is 1.57. The van der Waals surface area contributed by atoms with Crippen LogP contribution in [0.25, 0.3) is 0 Å². The maximum absolute atomic E-state index is 14.5. The van der Waals surface area contributed by atoms with E-state index < -0.39 is 35.6 Å². The van der Waals surface area contributed by atoms with Crippen molar-refractivity contribution in [3.8, 4) is 0 Å². The minimum absolute atomic E-state index is 0.0323. The monoisotopic (exact) mass is 527 g/mol. The third-order valence-corrected chi connectivity index (χ3v) is 6.76. The summed E-state index contributed by atoms with van der Waals surface area (Å²) in [6, 6.07) is 6.93. The molecule has 1 fully saturated rings. The number of hydrogen-bond acceptors (Lipinski definition) is 5. The quantitative estimate of drug-likeness (QED) is 0.375. The van der Waals surface area contributed by atoms with Gasteiger partial charge < -0.3 is 14.6 Å². The summed E-state index contributed by atoms with van der Waals surface area (Å²) < 4.78 is 53.0. The van der Waals surface area contributed by atoms with Crippen molar-refractivity contribution >= 4 is 17.6 Å². The second-order valence-corrected chi connectivity index (χ2v) is 9.54. The van der Waals surface area contributed by atoms with Crippen LogP contribution in [0.3, 0.4) is 0 Å². The Morgan fingerprint density at radius 1 is 1.22 bits per heavy atom. The lowest BCUT2D eigenvalue weighted by Gasteiger charge is -2.28. The highest BCUT2D eigenvalue weighted by molar-refractivity contribution is 6.30. The van der Waals surface area contributed by atoms with Gasteiger partial charge in [0.15, 0.2) is 0 Å². The average Bonchev–Trinajstić information content (AvgIpc) is 3.25. The van der Waals surface area contributed by atoms with Crippen molar-refractivity contribution in [2.24, 2.45) is 0 Å². The summed E-state index contributed by atoms with van der Waals surface area (Å²) >= 11 is 5.78. The van der Waals surface area contributed by atoms with Crippen molar-refractivity contribution in [3.05, 3.63) is 69.5 Å². The molecule has 2 aromatic rings. The summed E-state index contributed by atoms with van der Waals surface area (Å²) in [6.45, 7) is 4.70. The van der Waals surface area contributed by atoms with Crippen LogP contribution in [0.15, 0.2) is 30.3 Å². The predicted molar refractivity (Wildman–Crippen MR) is 131 cm³/mol. The lowest BCUT2D eigenvalue weighted by atomic mass is 9.98. The molecule has 0 saturated carbocycles. The van der Waals surface area contributed by atoms with Crippen molar-refractivity contribution in [2.45, 2.75) is 64.2 Å². The highest BCUT2D eigenvalue weighted by Gasteiger charge is 2.27. The molecule has 0 unspecified atom stereocenters. The van der Waals surface area contributed by atoms with Gasteiger partial charge in [-0.3, -0.25) is 9.69 Å². The molecule has 1 aliphatic rings. The maximum Gasteiger partial charge on any atom is 0.306 e. The van der Waals surface area contributed by atoms with Crippen molar-refractivity contribution < 1.29 is 32.5 Å². The van der Waals surface area contributed by atoms with Crippen LogP contribution in [-0.4, -0.2) is 54.4 Å². The van der Waals surface area contributed by atoms with Crippen LogP contribution in [0.4, 0.5) is 13.2 Å². The van der Waals surface area contributed by atoms with E-state index in [0.29, 0.717) is 18.5 Å². The second kappa shape index (κ2) is 13.4. The topological polar surface area (TPSA) is 59.0 Å². The van der Waals surface area contributed by atoms with Gasteiger partial charge in [-0.2, -0.15) is 0 Å². The zero-order valence-electron chi connectivity index (χ0n) is 20.6. The molecular weight excluding hydrogens is 495 g/mol. The summed E-state index contributed by atoms with van der Waals surface area (Å²) in [5.41, 5.74) is 1.34. The van der Waals surface area contributed by atoms with Crippen LogP contribution in [-0.2, 0) is 27.1 Å². The number of benzene rings is 2. The molecule has 0 amide bonds. The third kappa shape index (κ3) is 7.93. The van der Waals surface area contributed by atoms with Gasteiger partial charge in [-0.1, -0.05) is 17.7 Å². The number of halogens is 4. The number of likely N-dealkylation sites (tertiary alicyclic amines) is 1. The predicted octanol–water partition coefficient (Wildman–Crippen LogP) is 5.40. The van der Waals surface area contributed by atoms with Gasteiger partial charge in [0.2, 0.25) is 0 Å². The SMILES string of the molecule is CCOC(=O)CCc1c(F)cc(F)cc1[C@@H](C)OC[C@H](O)CN1CCC[C@H]1Cc1ccc(Cl)c(F)c1. The first-order valence-corrected chi connectivity index (χ1v) is 12.7. The normalized spacial score (nSPS) is 17.8. The van der Waals surface area contributed by atoms with E-state index in [1.807, 2.05) is 0 Å². The molecule has 0 aliphatic carbocycles. The summed E-state index contributed by atoms with van der Waals surface area (Å²) in [5.74, 6) is -2.39. The van der Waals surface area contributed by atoms with Gasteiger partial charge in [0, 0.05) is 25.1 Å². The van der Waals surface area contributed by atoms with E-state index in [1.165, 1.54) is 12.1 Å². The molecule has 0 spiro atoms. The molecule has 5 nitrogen and oxygen atoms in total. The lowest BCUT2D eigenvalue weighted by molar-refractivity contribution is -0.143. The number of esters is 1. The molecule has 36 heavy (non-hydrogen) atoms. The van der Waals surface area contributed by atoms with E-state index in [1.54, 1.807) is 26.0 Å². The zero-order chi connectivity index (χ0) is 26.2. The van der Waals surface area contributed by atoms with Crippen LogP contribution in [0.1, 0.15) is 55.9 Å². The minimum Gasteiger partial charge on any atom is -0.466 e. The minimum atomic E-state index is -0.823. The Morgan fingerprint density at radius 2 is 2.00 bits per heavy atom. The van der Waals surface area contributed by atoms with Gasteiger partial charge in [0.25, 0.3) is 0 Å². The number of β-amino-alcohol motifs (C(OH)–C–C–N with tert-alkyl or cyclic N) is 1. The molecule has 1 N–H and O–H groups in total. The summed E-state index contributed by atoms with van der Waals surface area (Å²) in [7, 11) is 0. The van der Waals surface area contributed by atoms with E-state index in [9.17, 15) is 23.1 Å². The van der Waals surface area contributed by atoms with E-state index in [2.05, 4.69) is 4.90 Å². The number of aliphatic hydroxyl groups is 1. The van der Waals surface area contributed by atoms with E-state index in [-0.39, 0.29) is 42.7 Å². The van der Waals surface area contributed by atoms with Crippen LogP contribution in [0.5, 0.6) is 0 Å². The fourth-order valence-corrected chi connectivity index (χ4v) is 4.80. The lowest BCUT2D eigenvalue weighted by Crippen LogP contribution is -2.39. The number of rotatable bonds is 12. The molecule has 2 aromatic carbocycles. The molecule has 1 aliphatic heterocycles. The first-order chi connectivity index (χ1) is 17.2. The van der Waals surface area contributed by atoms with Crippen LogP contribution < -0.4 is 0 Å². The molecule has 3 rings (SSSR count). The Bertz CT molecular complexity index is 1040. The highest BCUT2D eigenvalue weighted by Crippen LogP contribution is 2.27. The number of carbonyl (C=O) groups excluding carboxylic acids is 1. The molecule has 9 heteroatoms.